The van der Waals surface area contributed by atoms with E-state index in [0.717, 1.165) is 30.3 Å². The van der Waals surface area contributed by atoms with Crippen LogP contribution in [0.15, 0.2) is 51.4 Å². The number of halogens is 1. The molecular formula is C15H10FN5S3. The summed E-state index contributed by atoms with van der Waals surface area (Å²) in [6, 6.07) is 8.35. The first-order valence-electron chi connectivity index (χ1n) is 6.96. The van der Waals surface area contributed by atoms with Crippen molar-refractivity contribution in [2.24, 2.45) is 0 Å². The Morgan fingerprint density at radius 1 is 1.08 bits per heavy atom. The summed E-state index contributed by atoms with van der Waals surface area (Å²) in [7, 11) is 0. The number of benzene rings is 1. The van der Waals surface area contributed by atoms with Gasteiger partial charge < -0.3 is 5.32 Å². The van der Waals surface area contributed by atoms with E-state index in [-0.39, 0.29) is 5.82 Å². The van der Waals surface area contributed by atoms with Gasteiger partial charge in [0.1, 0.15) is 17.2 Å². The first kappa shape index (κ1) is 15.4. The maximum atomic E-state index is 12.9. The number of nitrogens with one attached hydrogen (secondary N) is 1. The van der Waals surface area contributed by atoms with Gasteiger partial charge in [0.05, 0.1) is 10.2 Å². The lowest BCUT2D eigenvalue weighted by molar-refractivity contribution is 0.627. The summed E-state index contributed by atoms with van der Waals surface area (Å²) < 4.78 is 14.8. The topological polar surface area (TPSA) is 63.6 Å². The summed E-state index contributed by atoms with van der Waals surface area (Å²) in [5, 5.41) is 15.1. The van der Waals surface area contributed by atoms with E-state index in [1.54, 1.807) is 29.8 Å². The molecule has 3 heterocycles. The van der Waals surface area contributed by atoms with Crippen LogP contribution in [0, 0.1) is 5.82 Å². The second kappa shape index (κ2) is 6.80. The van der Waals surface area contributed by atoms with Crippen LogP contribution in [0.25, 0.3) is 10.2 Å². The molecule has 5 nitrogen and oxygen atoms in total. The van der Waals surface area contributed by atoms with Gasteiger partial charge in [-0.05, 0) is 40.9 Å². The van der Waals surface area contributed by atoms with Crippen LogP contribution < -0.4 is 5.32 Å². The van der Waals surface area contributed by atoms with Gasteiger partial charge in [0.25, 0.3) is 0 Å². The molecule has 3 aromatic heterocycles. The SMILES string of the molecule is Fc1ccc(CNc2nnc(Sc3ncnc4ccsc34)s2)cc1. The smallest absolute Gasteiger partial charge is 0.206 e. The highest BCUT2D eigenvalue weighted by Crippen LogP contribution is 2.36. The fourth-order valence-corrected chi connectivity index (χ4v) is 4.68. The number of aromatic nitrogens is 4. The number of nitrogens with zero attached hydrogens (tertiary/aromatic N) is 4. The Morgan fingerprint density at radius 2 is 1.96 bits per heavy atom. The van der Waals surface area contributed by atoms with Gasteiger partial charge in [-0.2, -0.15) is 0 Å². The van der Waals surface area contributed by atoms with Crippen molar-refractivity contribution in [2.45, 2.75) is 15.9 Å². The predicted molar refractivity (Wildman–Crippen MR) is 95.2 cm³/mol. The zero-order valence-electron chi connectivity index (χ0n) is 12.1. The molecule has 0 fully saturated rings. The Labute approximate surface area is 149 Å². The minimum Gasteiger partial charge on any atom is -0.356 e. The monoisotopic (exact) mass is 375 g/mol. The molecule has 1 N–H and O–H groups in total. The molecule has 120 valence electrons. The van der Waals surface area contributed by atoms with E-state index >= 15 is 0 Å². The molecule has 0 bridgehead atoms. The molecule has 0 amide bonds. The molecule has 9 heteroatoms. The summed E-state index contributed by atoms with van der Waals surface area (Å²) in [6.45, 7) is 0.572. The highest BCUT2D eigenvalue weighted by atomic mass is 32.2. The third-order valence-electron chi connectivity index (χ3n) is 3.16. The maximum absolute atomic E-state index is 12.9. The Bertz CT molecular complexity index is 967. The van der Waals surface area contributed by atoms with Crippen molar-refractivity contribution >= 4 is 49.8 Å². The molecule has 0 radical (unpaired) electrons. The van der Waals surface area contributed by atoms with Crippen LogP contribution in [-0.4, -0.2) is 20.2 Å². The number of anilines is 1. The molecular weight excluding hydrogens is 365 g/mol. The van der Waals surface area contributed by atoms with Crippen molar-refractivity contribution in [1.82, 2.24) is 20.2 Å². The standard InChI is InChI=1S/C15H10FN5S3/c16-10-3-1-9(2-4-10)7-17-14-20-21-15(24-14)23-13-12-11(5-6-22-12)18-8-19-13/h1-6,8H,7H2,(H,17,20). The minimum atomic E-state index is -0.238. The van der Waals surface area contributed by atoms with Gasteiger partial charge in [-0.3, -0.25) is 0 Å². The first-order valence-corrected chi connectivity index (χ1v) is 9.47. The Hall–Kier alpha value is -2.10. The van der Waals surface area contributed by atoms with E-state index < -0.39 is 0 Å². The summed E-state index contributed by atoms with van der Waals surface area (Å²) in [5.41, 5.74) is 1.92. The van der Waals surface area contributed by atoms with Crippen molar-refractivity contribution in [3.05, 3.63) is 53.4 Å². The summed E-state index contributed by atoms with van der Waals surface area (Å²) >= 11 is 4.55. The zero-order valence-corrected chi connectivity index (χ0v) is 14.6. The van der Waals surface area contributed by atoms with E-state index in [0.29, 0.717) is 6.54 Å². The van der Waals surface area contributed by atoms with Crippen LogP contribution in [0.3, 0.4) is 0 Å². The highest BCUT2D eigenvalue weighted by molar-refractivity contribution is 8.01. The molecule has 0 aliphatic heterocycles. The van der Waals surface area contributed by atoms with Crippen LogP contribution in [0.2, 0.25) is 0 Å². The molecule has 4 rings (SSSR count). The Balaban J connectivity index is 1.45. The molecule has 0 aliphatic rings. The largest absolute Gasteiger partial charge is 0.356 e. The molecule has 0 unspecified atom stereocenters. The van der Waals surface area contributed by atoms with Gasteiger partial charge in [0.2, 0.25) is 5.13 Å². The summed E-state index contributed by atoms with van der Waals surface area (Å²) in [5.74, 6) is -0.238. The number of thiophene rings is 1. The van der Waals surface area contributed by atoms with E-state index in [2.05, 4.69) is 25.5 Å². The van der Waals surface area contributed by atoms with Crippen molar-refractivity contribution < 1.29 is 4.39 Å². The number of fused-ring (bicyclic) bond motifs is 1. The summed E-state index contributed by atoms with van der Waals surface area (Å²) in [6.07, 6.45) is 1.56. The molecule has 0 aliphatic carbocycles. The van der Waals surface area contributed by atoms with E-state index in [1.807, 2.05) is 11.4 Å². The summed E-state index contributed by atoms with van der Waals surface area (Å²) in [4.78, 5) is 8.56. The van der Waals surface area contributed by atoms with Crippen LogP contribution in [0.4, 0.5) is 9.52 Å². The number of rotatable bonds is 5. The highest BCUT2D eigenvalue weighted by Gasteiger charge is 2.11. The van der Waals surface area contributed by atoms with Crippen LogP contribution in [-0.2, 0) is 6.54 Å². The first-order chi connectivity index (χ1) is 11.8. The average Bonchev–Trinajstić information content (AvgIpc) is 3.24. The fraction of sp³-hybridized carbons (Fsp3) is 0.0667. The fourth-order valence-electron chi connectivity index (χ4n) is 2.02. The van der Waals surface area contributed by atoms with E-state index in [1.165, 1.54) is 35.2 Å². The lowest BCUT2D eigenvalue weighted by Gasteiger charge is -2.01. The quantitative estimate of drug-likeness (QED) is 0.520. The third-order valence-corrected chi connectivity index (χ3v) is 6.13. The van der Waals surface area contributed by atoms with Gasteiger partial charge in [-0.1, -0.05) is 23.5 Å². The van der Waals surface area contributed by atoms with Crippen molar-refractivity contribution in [2.75, 3.05) is 5.32 Å². The van der Waals surface area contributed by atoms with Gasteiger partial charge in [-0.15, -0.1) is 21.5 Å². The van der Waals surface area contributed by atoms with Crippen LogP contribution in [0.5, 0.6) is 0 Å². The average molecular weight is 375 g/mol. The minimum absolute atomic E-state index is 0.238. The second-order valence-electron chi connectivity index (χ2n) is 4.77. The predicted octanol–water partition coefficient (Wildman–Crippen LogP) is 4.45. The Morgan fingerprint density at radius 3 is 2.83 bits per heavy atom. The molecule has 0 atom stereocenters. The Kier molecular flexibility index (Phi) is 4.37. The normalized spacial score (nSPS) is 11.0. The molecule has 1 aromatic carbocycles. The van der Waals surface area contributed by atoms with Gasteiger partial charge >= 0.3 is 0 Å². The lowest BCUT2D eigenvalue weighted by atomic mass is 10.2. The van der Waals surface area contributed by atoms with Crippen LogP contribution >= 0.6 is 34.4 Å². The van der Waals surface area contributed by atoms with Gasteiger partial charge in [0.15, 0.2) is 4.34 Å². The van der Waals surface area contributed by atoms with Gasteiger partial charge in [-0.25, -0.2) is 14.4 Å². The zero-order chi connectivity index (χ0) is 16.4. The number of hydrogen-bond acceptors (Lipinski definition) is 8. The van der Waals surface area contributed by atoms with E-state index in [9.17, 15) is 4.39 Å². The molecule has 0 saturated carbocycles. The van der Waals surface area contributed by atoms with Crippen molar-refractivity contribution in [3.8, 4) is 0 Å². The maximum Gasteiger partial charge on any atom is 0.206 e. The lowest BCUT2D eigenvalue weighted by Crippen LogP contribution is -1.98. The molecule has 0 spiro atoms. The number of hydrogen-bond donors (Lipinski definition) is 1. The molecule has 0 saturated heterocycles. The molecule has 4 aromatic rings. The van der Waals surface area contributed by atoms with Crippen LogP contribution in [0.1, 0.15) is 5.56 Å². The third kappa shape index (κ3) is 3.37. The van der Waals surface area contributed by atoms with E-state index in [4.69, 9.17) is 0 Å². The van der Waals surface area contributed by atoms with Crippen molar-refractivity contribution in [3.63, 3.8) is 0 Å². The van der Waals surface area contributed by atoms with Crippen molar-refractivity contribution in [1.29, 1.82) is 0 Å². The molecule has 24 heavy (non-hydrogen) atoms. The van der Waals surface area contributed by atoms with Gasteiger partial charge in [0, 0.05) is 6.54 Å². The second-order valence-corrected chi connectivity index (χ2v) is 7.90.